The van der Waals surface area contributed by atoms with E-state index in [1.54, 1.807) is 18.2 Å². The van der Waals surface area contributed by atoms with Gasteiger partial charge in [-0.3, -0.25) is 4.79 Å². The first kappa shape index (κ1) is 13.7. The van der Waals surface area contributed by atoms with Crippen LogP contribution >= 0.6 is 0 Å². The van der Waals surface area contributed by atoms with Crippen molar-refractivity contribution in [2.45, 2.75) is 25.3 Å². The second-order valence-electron chi connectivity index (χ2n) is 5.21. The average molecular weight is 291 g/mol. The lowest BCUT2D eigenvalue weighted by molar-refractivity contribution is -0.143. The van der Waals surface area contributed by atoms with Gasteiger partial charge in [-0.25, -0.2) is 4.79 Å². The highest BCUT2D eigenvalue weighted by atomic mass is 16.6. The number of hydrogen-bond acceptors (Lipinski definition) is 4. The number of ether oxygens (including phenoxy) is 2. The lowest BCUT2D eigenvalue weighted by Gasteiger charge is -2.33. The van der Waals surface area contributed by atoms with E-state index in [9.17, 15) is 14.7 Å². The van der Waals surface area contributed by atoms with Gasteiger partial charge < -0.3 is 19.5 Å². The number of fused-ring (bicyclic) bond motifs is 1. The van der Waals surface area contributed by atoms with Crippen LogP contribution in [0.25, 0.3) is 0 Å². The van der Waals surface area contributed by atoms with E-state index in [2.05, 4.69) is 0 Å². The predicted molar refractivity (Wildman–Crippen MR) is 73.7 cm³/mol. The van der Waals surface area contributed by atoms with E-state index < -0.39 is 12.0 Å². The first-order chi connectivity index (χ1) is 10.2. The Hall–Kier alpha value is -2.24. The van der Waals surface area contributed by atoms with Crippen molar-refractivity contribution in [1.82, 2.24) is 4.90 Å². The van der Waals surface area contributed by atoms with Gasteiger partial charge in [-0.1, -0.05) is 0 Å². The summed E-state index contributed by atoms with van der Waals surface area (Å²) in [4.78, 5) is 25.3. The summed E-state index contributed by atoms with van der Waals surface area (Å²) in [6.45, 7) is 1.42. The molecule has 1 fully saturated rings. The van der Waals surface area contributed by atoms with Crippen LogP contribution in [0.2, 0.25) is 0 Å². The van der Waals surface area contributed by atoms with Gasteiger partial charge >= 0.3 is 5.97 Å². The second-order valence-corrected chi connectivity index (χ2v) is 5.21. The van der Waals surface area contributed by atoms with E-state index in [-0.39, 0.29) is 5.91 Å². The molecule has 6 heteroatoms. The number of carboxylic acids is 1. The van der Waals surface area contributed by atoms with E-state index in [1.807, 2.05) is 0 Å². The summed E-state index contributed by atoms with van der Waals surface area (Å²) in [5, 5.41) is 9.26. The zero-order valence-electron chi connectivity index (χ0n) is 11.6. The molecule has 1 aromatic carbocycles. The molecule has 1 atom stereocenters. The molecule has 21 heavy (non-hydrogen) atoms. The third-order valence-electron chi connectivity index (χ3n) is 3.84. The molecule has 0 bridgehead atoms. The van der Waals surface area contributed by atoms with Gasteiger partial charge in [0.25, 0.3) is 5.91 Å². The van der Waals surface area contributed by atoms with Crippen LogP contribution < -0.4 is 9.47 Å². The van der Waals surface area contributed by atoms with Gasteiger partial charge in [0.05, 0.1) is 0 Å². The van der Waals surface area contributed by atoms with Crippen molar-refractivity contribution in [2.75, 3.05) is 19.8 Å². The summed E-state index contributed by atoms with van der Waals surface area (Å²) >= 11 is 0. The topological polar surface area (TPSA) is 76.1 Å². The summed E-state index contributed by atoms with van der Waals surface area (Å²) in [7, 11) is 0. The Morgan fingerprint density at radius 1 is 1.14 bits per heavy atom. The predicted octanol–water partition coefficient (Wildman–Crippen LogP) is 1.54. The minimum atomic E-state index is -0.944. The molecule has 0 radical (unpaired) electrons. The zero-order chi connectivity index (χ0) is 14.8. The highest BCUT2D eigenvalue weighted by Gasteiger charge is 2.32. The van der Waals surface area contributed by atoms with Crippen LogP contribution in [0, 0.1) is 0 Å². The molecule has 2 aliphatic rings. The van der Waals surface area contributed by atoms with Crippen molar-refractivity contribution in [3.63, 3.8) is 0 Å². The van der Waals surface area contributed by atoms with Crippen LogP contribution in [0.15, 0.2) is 18.2 Å². The fourth-order valence-corrected chi connectivity index (χ4v) is 2.77. The molecule has 0 aromatic heterocycles. The maximum absolute atomic E-state index is 12.6. The number of piperidine rings is 1. The van der Waals surface area contributed by atoms with E-state index in [4.69, 9.17) is 9.47 Å². The minimum Gasteiger partial charge on any atom is -0.486 e. The standard InChI is InChI=1S/C15H17NO5/c17-14(16-6-2-1-3-11(16)15(18)19)10-4-5-12-13(9-10)21-8-7-20-12/h4-5,9,11H,1-3,6-8H2,(H,18,19)/t11-/m0/s1. The Morgan fingerprint density at radius 3 is 2.67 bits per heavy atom. The molecule has 1 saturated heterocycles. The van der Waals surface area contributed by atoms with Gasteiger partial charge in [0, 0.05) is 12.1 Å². The van der Waals surface area contributed by atoms with Crippen LogP contribution in [-0.4, -0.2) is 47.7 Å². The van der Waals surface area contributed by atoms with Crippen LogP contribution in [0.5, 0.6) is 11.5 Å². The smallest absolute Gasteiger partial charge is 0.326 e. The molecule has 1 amide bonds. The number of benzene rings is 1. The molecule has 6 nitrogen and oxygen atoms in total. The summed E-state index contributed by atoms with van der Waals surface area (Å²) in [5.74, 6) is -0.0538. The van der Waals surface area contributed by atoms with Crippen molar-refractivity contribution in [3.8, 4) is 11.5 Å². The lowest BCUT2D eigenvalue weighted by atomic mass is 10.0. The molecule has 2 aliphatic heterocycles. The number of likely N-dealkylation sites (tertiary alicyclic amines) is 1. The van der Waals surface area contributed by atoms with Gasteiger partial charge in [0.2, 0.25) is 0 Å². The third-order valence-corrected chi connectivity index (χ3v) is 3.84. The number of amides is 1. The van der Waals surface area contributed by atoms with E-state index in [0.717, 1.165) is 12.8 Å². The first-order valence-electron chi connectivity index (χ1n) is 7.10. The van der Waals surface area contributed by atoms with Gasteiger partial charge in [0.1, 0.15) is 19.3 Å². The average Bonchev–Trinajstić information content (AvgIpc) is 2.53. The van der Waals surface area contributed by atoms with Crippen LogP contribution in [0.3, 0.4) is 0 Å². The highest BCUT2D eigenvalue weighted by Crippen LogP contribution is 2.31. The number of aliphatic carboxylic acids is 1. The monoisotopic (exact) mass is 291 g/mol. The molecule has 1 aromatic rings. The number of carbonyl (C=O) groups is 2. The van der Waals surface area contributed by atoms with Crippen LogP contribution in [0.4, 0.5) is 0 Å². The minimum absolute atomic E-state index is 0.265. The van der Waals surface area contributed by atoms with Gasteiger partial charge in [-0.05, 0) is 37.5 Å². The van der Waals surface area contributed by atoms with Crippen molar-refractivity contribution in [3.05, 3.63) is 23.8 Å². The third kappa shape index (κ3) is 2.66. The second kappa shape index (κ2) is 5.63. The molecule has 0 unspecified atom stereocenters. The fourth-order valence-electron chi connectivity index (χ4n) is 2.77. The zero-order valence-corrected chi connectivity index (χ0v) is 11.6. The number of hydrogen-bond donors (Lipinski definition) is 1. The van der Waals surface area contributed by atoms with E-state index in [0.29, 0.717) is 43.2 Å². The first-order valence-corrected chi connectivity index (χ1v) is 7.10. The van der Waals surface area contributed by atoms with Crippen molar-refractivity contribution >= 4 is 11.9 Å². The molecular formula is C15H17NO5. The number of carboxylic acid groups (broad SMARTS) is 1. The summed E-state index contributed by atoms with van der Waals surface area (Å²) < 4.78 is 10.9. The Bertz CT molecular complexity index is 571. The molecule has 112 valence electrons. The molecule has 0 saturated carbocycles. The Kier molecular flexibility index (Phi) is 3.68. The summed E-state index contributed by atoms with van der Waals surface area (Å²) in [5.41, 5.74) is 0.437. The molecule has 1 N–H and O–H groups in total. The Labute approximate surface area is 122 Å². The SMILES string of the molecule is O=C(O)[C@@H]1CCCCN1C(=O)c1ccc2c(c1)OCCO2. The molecule has 0 aliphatic carbocycles. The molecule has 0 spiro atoms. The van der Waals surface area contributed by atoms with Crippen molar-refractivity contribution < 1.29 is 24.2 Å². The molecular weight excluding hydrogens is 274 g/mol. The van der Waals surface area contributed by atoms with E-state index >= 15 is 0 Å². The summed E-state index contributed by atoms with van der Waals surface area (Å²) in [6.07, 6.45) is 2.17. The normalized spacial score (nSPS) is 21.0. The highest BCUT2D eigenvalue weighted by molar-refractivity contribution is 5.97. The Balaban J connectivity index is 1.85. The van der Waals surface area contributed by atoms with Crippen molar-refractivity contribution in [2.24, 2.45) is 0 Å². The Morgan fingerprint density at radius 2 is 1.90 bits per heavy atom. The van der Waals surface area contributed by atoms with Crippen LogP contribution in [-0.2, 0) is 4.79 Å². The maximum Gasteiger partial charge on any atom is 0.326 e. The summed E-state index contributed by atoms with van der Waals surface area (Å²) in [6, 6.07) is 4.24. The number of nitrogens with zero attached hydrogens (tertiary/aromatic N) is 1. The molecule has 3 rings (SSSR count). The van der Waals surface area contributed by atoms with Gasteiger partial charge in [0.15, 0.2) is 11.5 Å². The fraction of sp³-hybridized carbons (Fsp3) is 0.467. The van der Waals surface area contributed by atoms with Crippen LogP contribution in [0.1, 0.15) is 29.6 Å². The van der Waals surface area contributed by atoms with Gasteiger partial charge in [-0.2, -0.15) is 0 Å². The maximum atomic E-state index is 12.6. The molecule has 2 heterocycles. The lowest BCUT2D eigenvalue weighted by Crippen LogP contribution is -2.48. The van der Waals surface area contributed by atoms with Crippen molar-refractivity contribution in [1.29, 1.82) is 0 Å². The number of rotatable bonds is 2. The quantitative estimate of drug-likeness (QED) is 0.894. The van der Waals surface area contributed by atoms with Gasteiger partial charge in [-0.15, -0.1) is 0 Å². The number of carbonyl (C=O) groups excluding carboxylic acids is 1. The van der Waals surface area contributed by atoms with E-state index in [1.165, 1.54) is 4.90 Å². The largest absolute Gasteiger partial charge is 0.486 e.